The van der Waals surface area contributed by atoms with E-state index >= 15 is 0 Å². The van der Waals surface area contributed by atoms with Crippen LogP contribution >= 0.6 is 41.6 Å². The Labute approximate surface area is 284 Å². The monoisotopic (exact) mass is 795 g/mol. The molecule has 4 aromatic carbocycles. The summed E-state index contributed by atoms with van der Waals surface area (Å²) in [6.07, 6.45) is 3.41. The Hall–Kier alpha value is -3.18. The Morgan fingerprint density at radius 3 is 1.98 bits per heavy atom. The molecule has 0 fully saturated rings. The van der Waals surface area contributed by atoms with Crippen molar-refractivity contribution in [2.24, 2.45) is 0 Å². The lowest BCUT2D eigenvalue weighted by Gasteiger charge is -2.28. The Balaban J connectivity index is 0.00000343. The molecule has 11 heteroatoms. The number of aryl methyl sites for hydroxylation is 1. The molecule has 0 atom stereocenters. The number of rotatable bonds is 9. The number of ether oxygens (including phenoxy) is 2. The summed E-state index contributed by atoms with van der Waals surface area (Å²) >= 11 is 3.92. The number of nitrogen functional groups attached to an aromatic ring is 1. The van der Waals surface area contributed by atoms with E-state index in [0.717, 1.165) is 49.9 Å². The van der Waals surface area contributed by atoms with Gasteiger partial charge in [0.1, 0.15) is 29.5 Å². The van der Waals surface area contributed by atoms with Crippen LogP contribution in [0.25, 0.3) is 11.2 Å². The highest BCUT2D eigenvalue weighted by Crippen LogP contribution is 2.56. The molecule has 0 unspecified atom stereocenters. The SMILES string of the molecule is Nc1ncnc2c1nc(Sc1cc3c(cc1I)OCO3)n2CCC[P+](c1ccccc1)(c1ccccc1)c1ccccc1.[Br-]. The predicted molar refractivity (Wildman–Crippen MR) is 184 cm³/mol. The van der Waals surface area contributed by atoms with Gasteiger partial charge in [-0.15, -0.1) is 0 Å². The smallest absolute Gasteiger partial charge is 0.231 e. The van der Waals surface area contributed by atoms with Crippen LogP contribution in [0.4, 0.5) is 5.82 Å². The molecule has 7 rings (SSSR count). The van der Waals surface area contributed by atoms with Crippen molar-refractivity contribution >= 4 is 74.5 Å². The van der Waals surface area contributed by atoms with Gasteiger partial charge in [0, 0.05) is 21.4 Å². The first-order chi connectivity index (χ1) is 21.1. The number of benzene rings is 4. The van der Waals surface area contributed by atoms with E-state index in [1.165, 1.54) is 22.2 Å². The largest absolute Gasteiger partial charge is 1.00 e. The maximum atomic E-state index is 6.29. The van der Waals surface area contributed by atoms with Crippen LogP contribution in [0, 0.1) is 3.57 Å². The summed E-state index contributed by atoms with van der Waals surface area (Å²) in [6.45, 7) is 0.962. The summed E-state index contributed by atoms with van der Waals surface area (Å²) in [5, 5.41) is 4.94. The second kappa shape index (κ2) is 13.4. The molecule has 1 aliphatic heterocycles. The Bertz CT molecular complexity index is 1800. The fourth-order valence-corrected chi connectivity index (χ4v) is 11.7. The van der Waals surface area contributed by atoms with Crippen LogP contribution < -0.4 is 48.1 Å². The summed E-state index contributed by atoms with van der Waals surface area (Å²) in [4.78, 5) is 14.8. The van der Waals surface area contributed by atoms with Gasteiger partial charge in [0.25, 0.3) is 0 Å². The van der Waals surface area contributed by atoms with Gasteiger partial charge in [-0.3, -0.25) is 0 Å². The molecule has 0 bridgehead atoms. The third kappa shape index (κ3) is 5.80. The zero-order valence-corrected chi connectivity index (χ0v) is 29.0. The van der Waals surface area contributed by atoms with Crippen molar-refractivity contribution in [3.63, 3.8) is 0 Å². The Morgan fingerprint density at radius 1 is 0.818 bits per heavy atom. The van der Waals surface area contributed by atoms with Crippen molar-refractivity contribution < 1.29 is 26.5 Å². The van der Waals surface area contributed by atoms with Gasteiger partial charge in [-0.25, -0.2) is 15.0 Å². The summed E-state index contributed by atoms with van der Waals surface area (Å²) in [6, 6.07) is 37.0. The lowest BCUT2D eigenvalue weighted by molar-refractivity contribution is -0.00000993. The molecule has 0 radical (unpaired) electrons. The fourth-order valence-electron chi connectivity index (χ4n) is 5.64. The predicted octanol–water partition coefficient (Wildman–Crippen LogP) is 3.28. The Morgan fingerprint density at radius 2 is 1.39 bits per heavy atom. The van der Waals surface area contributed by atoms with Gasteiger partial charge in [-0.1, -0.05) is 66.4 Å². The third-order valence-electron chi connectivity index (χ3n) is 7.62. The maximum absolute atomic E-state index is 6.29. The molecule has 6 aromatic rings. The molecule has 2 N–H and O–H groups in total. The van der Waals surface area contributed by atoms with Gasteiger partial charge >= 0.3 is 0 Å². The first kappa shape index (κ1) is 30.8. The fraction of sp³-hybridized carbons (Fsp3) is 0.121. The molecule has 0 amide bonds. The quantitative estimate of drug-likeness (QED) is 0.178. The number of fused-ring (bicyclic) bond motifs is 2. The molecule has 2 aromatic heterocycles. The average molecular weight is 796 g/mol. The number of nitrogens with two attached hydrogens (primary N) is 1. The first-order valence-corrected chi connectivity index (χ1v) is 17.8. The number of aromatic nitrogens is 4. The summed E-state index contributed by atoms with van der Waals surface area (Å²) in [5.41, 5.74) is 7.66. The molecule has 44 heavy (non-hydrogen) atoms. The van der Waals surface area contributed by atoms with E-state index in [4.69, 9.17) is 20.2 Å². The number of imidazole rings is 1. The highest BCUT2D eigenvalue weighted by Gasteiger charge is 2.44. The molecule has 3 heterocycles. The second-order valence-corrected chi connectivity index (χ2v) is 15.9. The standard InChI is InChI=1S/C33H28IN5O2PS.BrH/c34-26-19-27-28(41-22-40-27)20-29(26)43-33-38-30-31(35)36-21-37-32(30)39(33)17-10-18-42(23-11-4-1-5-12-23,24-13-6-2-7-14-24)25-15-8-3-9-16-25;/h1-9,11-16,19-21H,10,17-18,22H2,(H2,35,36,37);1H/q+1;/p-1. The van der Waals surface area contributed by atoms with Crippen molar-refractivity contribution in [2.75, 3.05) is 18.7 Å². The van der Waals surface area contributed by atoms with E-state index in [1.807, 2.05) is 12.1 Å². The number of hydrogen-bond acceptors (Lipinski definition) is 7. The van der Waals surface area contributed by atoms with Gasteiger partial charge in [-0.05, 0) is 71.1 Å². The summed E-state index contributed by atoms with van der Waals surface area (Å²) in [7, 11) is -1.97. The van der Waals surface area contributed by atoms with Crippen LogP contribution in [0.15, 0.2) is 120 Å². The highest BCUT2D eigenvalue weighted by atomic mass is 127. The first-order valence-electron chi connectivity index (χ1n) is 13.9. The topological polar surface area (TPSA) is 88.1 Å². The highest BCUT2D eigenvalue weighted by molar-refractivity contribution is 14.1. The zero-order chi connectivity index (χ0) is 29.2. The van der Waals surface area contributed by atoms with Gasteiger partial charge < -0.3 is 36.8 Å². The molecule has 0 saturated carbocycles. The van der Waals surface area contributed by atoms with Crippen molar-refractivity contribution in [2.45, 2.75) is 23.0 Å². The van der Waals surface area contributed by atoms with Crippen LogP contribution in [-0.2, 0) is 6.54 Å². The minimum Gasteiger partial charge on any atom is -1.00 e. The molecular weight excluding hydrogens is 768 g/mol. The Kier molecular flexibility index (Phi) is 9.42. The van der Waals surface area contributed by atoms with Crippen molar-refractivity contribution in [3.8, 4) is 11.5 Å². The zero-order valence-electron chi connectivity index (χ0n) is 23.5. The van der Waals surface area contributed by atoms with E-state index < -0.39 is 7.26 Å². The van der Waals surface area contributed by atoms with E-state index in [2.05, 4.69) is 128 Å². The minimum atomic E-state index is -1.97. The van der Waals surface area contributed by atoms with Gasteiger partial charge in [0.05, 0.1) is 6.16 Å². The summed E-state index contributed by atoms with van der Waals surface area (Å²) in [5.74, 6) is 1.89. The van der Waals surface area contributed by atoms with E-state index in [1.54, 1.807) is 11.8 Å². The number of halogens is 2. The molecule has 222 valence electrons. The van der Waals surface area contributed by atoms with Crippen LogP contribution in [0.5, 0.6) is 11.5 Å². The van der Waals surface area contributed by atoms with Crippen LogP contribution in [0.1, 0.15) is 6.42 Å². The van der Waals surface area contributed by atoms with Gasteiger partial charge in [0.2, 0.25) is 6.79 Å². The third-order valence-corrected chi connectivity index (χ3v) is 14.5. The molecule has 1 aliphatic rings. The molecular formula is C33H28BrIN5O2PS. The normalized spacial score (nSPS) is 12.3. The van der Waals surface area contributed by atoms with E-state index in [0.29, 0.717) is 11.3 Å². The molecule has 7 nitrogen and oxygen atoms in total. The van der Waals surface area contributed by atoms with Crippen LogP contribution in [0.2, 0.25) is 0 Å². The lowest BCUT2D eigenvalue weighted by atomic mass is 10.3. The lowest BCUT2D eigenvalue weighted by Crippen LogP contribution is -3.00. The number of hydrogen-bond donors (Lipinski definition) is 1. The van der Waals surface area contributed by atoms with Gasteiger partial charge in [0.15, 0.2) is 33.6 Å². The molecule has 0 saturated heterocycles. The van der Waals surface area contributed by atoms with E-state index in [9.17, 15) is 0 Å². The summed E-state index contributed by atoms with van der Waals surface area (Å²) < 4.78 is 14.5. The van der Waals surface area contributed by atoms with E-state index in [-0.39, 0.29) is 23.8 Å². The van der Waals surface area contributed by atoms with Crippen molar-refractivity contribution in [1.29, 1.82) is 0 Å². The maximum Gasteiger partial charge on any atom is 0.231 e. The van der Waals surface area contributed by atoms with Crippen LogP contribution in [-0.4, -0.2) is 32.5 Å². The second-order valence-electron chi connectivity index (χ2n) is 10.1. The minimum absolute atomic E-state index is 0. The number of nitrogens with zero attached hydrogens (tertiary/aromatic N) is 4. The molecule has 0 aliphatic carbocycles. The van der Waals surface area contributed by atoms with Crippen LogP contribution in [0.3, 0.4) is 0 Å². The number of anilines is 1. The van der Waals surface area contributed by atoms with Crippen molar-refractivity contribution in [3.05, 3.63) is 113 Å². The van der Waals surface area contributed by atoms with Gasteiger partial charge in [-0.2, -0.15) is 0 Å². The van der Waals surface area contributed by atoms with Crippen molar-refractivity contribution in [1.82, 2.24) is 19.5 Å². The average Bonchev–Trinajstić information content (AvgIpc) is 3.65. The molecule has 0 spiro atoms.